The maximum atomic E-state index is 12.4. The number of hydrogen-bond donors (Lipinski definition) is 2. The molecule has 0 saturated heterocycles. The van der Waals surface area contributed by atoms with Crippen LogP contribution in [-0.4, -0.2) is 23.7 Å². The summed E-state index contributed by atoms with van der Waals surface area (Å²) in [5, 5.41) is 0.480. The second-order valence-electron chi connectivity index (χ2n) is 7.79. The van der Waals surface area contributed by atoms with Gasteiger partial charge in [-0.25, -0.2) is 13.1 Å². The first kappa shape index (κ1) is 24.7. The Morgan fingerprint density at radius 3 is 2.31 bits per heavy atom. The summed E-state index contributed by atoms with van der Waals surface area (Å²) < 4.78 is 52.8. The van der Waals surface area contributed by atoms with Gasteiger partial charge in [0.2, 0.25) is 10.0 Å². The smallest absolute Gasteiger partial charge is 0.357 e. The molecular formula is C23H26ClNO5S2. The number of rotatable bonds is 10. The molecule has 0 amide bonds. The summed E-state index contributed by atoms with van der Waals surface area (Å²) in [6.07, 6.45) is 2.05. The first-order valence-electron chi connectivity index (χ1n) is 10.3. The van der Waals surface area contributed by atoms with Crippen LogP contribution in [0.5, 0.6) is 5.75 Å². The van der Waals surface area contributed by atoms with Gasteiger partial charge in [0.05, 0.1) is 4.90 Å². The molecule has 1 atom stereocenters. The average Bonchev–Trinajstić information content (AvgIpc) is 2.89. The minimum absolute atomic E-state index is 0.177. The van der Waals surface area contributed by atoms with Crippen LogP contribution in [-0.2, 0) is 27.8 Å². The predicted molar refractivity (Wildman–Crippen MR) is 128 cm³/mol. The van der Waals surface area contributed by atoms with E-state index in [1.165, 1.54) is 12.1 Å². The van der Waals surface area contributed by atoms with E-state index in [2.05, 4.69) is 24.6 Å². The Balaban J connectivity index is 1.66. The Labute approximate surface area is 196 Å². The quantitative estimate of drug-likeness (QED) is 0.291. The van der Waals surface area contributed by atoms with Crippen LogP contribution in [0.2, 0.25) is 5.02 Å². The third kappa shape index (κ3) is 6.30. The van der Waals surface area contributed by atoms with Crippen molar-refractivity contribution in [2.75, 3.05) is 6.54 Å². The summed E-state index contributed by atoms with van der Waals surface area (Å²) in [7, 11) is -3.58. The van der Waals surface area contributed by atoms with Crippen molar-refractivity contribution in [1.29, 1.82) is 0 Å². The standard InChI is InChI=1S/C23H26ClNO5S2/c1-16(2)17-6-12-21-18(15-23(30-31(26)27)22(21)13-7-17)5-3-4-14-25-32(28,29)20-10-8-19(24)9-11-20/h6-13,15-16,25H,3-5,14H2,1-2H3,(H,26,27). The summed E-state index contributed by atoms with van der Waals surface area (Å²) >= 11 is 3.40. The van der Waals surface area contributed by atoms with Crippen LogP contribution >= 0.6 is 11.6 Å². The Morgan fingerprint density at radius 1 is 1.03 bits per heavy atom. The summed E-state index contributed by atoms with van der Waals surface area (Å²) in [6, 6.07) is 15.8. The third-order valence-electron chi connectivity index (χ3n) is 5.21. The van der Waals surface area contributed by atoms with Gasteiger partial charge in [-0.2, -0.15) is 4.21 Å². The zero-order valence-electron chi connectivity index (χ0n) is 17.9. The molecule has 1 unspecified atom stereocenters. The summed E-state index contributed by atoms with van der Waals surface area (Å²) in [4.78, 5) is 0.177. The van der Waals surface area contributed by atoms with Crippen LogP contribution in [0.3, 0.4) is 0 Å². The van der Waals surface area contributed by atoms with Gasteiger partial charge in [-0.05, 0) is 72.2 Å². The highest BCUT2D eigenvalue weighted by Crippen LogP contribution is 2.39. The minimum Gasteiger partial charge on any atom is -0.379 e. The lowest BCUT2D eigenvalue weighted by Gasteiger charge is -2.07. The molecule has 1 aromatic rings. The lowest BCUT2D eigenvalue weighted by Crippen LogP contribution is -2.24. The van der Waals surface area contributed by atoms with Gasteiger partial charge in [-0.1, -0.05) is 49.7 Å². The molecule has 0 bridgehead atoms. The molecule has 0 aliphatic heterocycles. The van der Waals surface area contributed by atoms with Gasteiger partial charge >= 0.3 is 11.4 Å². The minimum atomic E-state index is -3.58. The molecule has 0 fully saturated rings. The van der Waals surface area contributed by atoms with E-state index >= 15 is 0 Å². The molecule has 0 saturated carbocycles. The first-order valence-corrected chi connectivity index (χ1v) is 13.2. The molecule has 0 heterocycles. The monoisotopic (exact) mass is 495 g/mol. The van der Waals surface area contributed by atoms with E-state index in [-0.39, 0.29) is 4.90 Å². The van der Waals surface area contributed by atoms with Crippen molar-refractivity contribution < 1.29 is 21.4 Å². The van der Waals surface area contributed by atoms with E-state index in [0.717, 1.165) is 28.7 Å². The van der Waals surface area contributed by atoms with Gasteiger partial charge in [0.1, 0.15) is 0 Å². The van der Waals surface area contributed by atoms with Crippen LogP contribution in [0.4, 0.5) is 0 Å². The van der Waals surface area contributed by atoms with E-state index in [9.17, 15) is 17.2 Å². The van der Waals surface area contributed by atoms with Crippen molar-refractivity contribution in [3.05, 3.63) is 70.7 Å². The maximum absolute atomic E-state index is 12.4. The molecule has 0 aromatic heterocycles. The van der Waals surface area contributed by atoms with Crippen molar-refractivity contribution in [1.82, 2.24) is 4.72 Å². The Morgan fingerprint density at radius 2 is 1.69 bits per heavy atom. The van der Waals surface area contributed by atoms with Crippen LogP contribution < -0.4 is 8.91 Å². The molecule has 6 nitrogen and oxygen atoms in total. The highest BCUT2D eigenvalue weighted by atomic mass is 35.5. The predicted octanol–water partition coefficient (Wildman–Crippen LogP) is 5.38. The number of unbranched alkanes of at least 4 members (excludes halogenated alkanes) is 1. The molecule has 2 aliphatic carbocycles. The van der Waals surface area contributed by atoms with Gasteiger partial charge < -0.3 is 4.18 Å². The van der Waals surface area contributed by atoms with E-state index in [0.29, 0.717) is 36.1 Å². The lowest BCUT2D eigenvalue weighted by atomic mass is 10.0. The Hall–Kier alpha value is -1.97. The van der Waals surface area contributed by atoms with E-state index in [4.69, 9.17) is 15.8 Å². The van der Waals surface area contributed by atoms with E-state index in [1.54, 1.807) is 18.2 Å². The van der Waals surface area contributed by atoms with Gasteiger partial charge in [-0.15, -0.1) is 0 Å². The number of fused-ring (bicyclic) bond motifs is 1. The number of sulfonamides is 1. The fraction of sp³-hybridized carbons (Fsp3) is 0.304. The third-order valence-corrected chi connectivity index (χ3v) is 7.26. The Kier molecular flexibility index (Phi) is 8.30. The van der Waals surface area contributed by atoms with Crippen molar-refractivity contribution in [3.63, 3.8) is 0 Å². The molecule has 3 rings (SSSR count). The highest BCUT2D eigenvalue weighted by molar-refractivity contribution is 7.89. The number of halogens is 1. The van der Waals surface area contributed by atoms with Crippen LogP contribution in [0, 0.1) is 0 Å². The molecular weight excluding hydrogens is 470 g/mol. The summed E-state index contributed by atoms with van der Waals surface area (Å²) in [6.45, 7) is 4.51. The fourth-order valence-corrected chi connectivity index (χ4v) is 4.98. The number of benzene rings is 1. The van der Waals surface area contributed by atoms with Crippen LogP contribution in [0.25, 0.3) is 11.1 Å². The SMILES string of the molecule is CC(C)c1ccc2c(CCCCNS(=O)(=O)c3ccc(Cl)cc3)cc(OS(=O)O)c-2cc1. The van der Waals surface area contributed by atoms with Crippen LogP contribution in [0.15, 0.2) is 59.5 Å². The van der Waals surface area contributed by atoms with E-state index < -0.39 is 21.4 Å². The molecule has 9 heteroatoms. The summed E-state index contributed by atoms with van der Waals surface area (Å²) in [5.41, 5.74) is 3.88. The highest BCUT2D eigenvalue weighted by Gasteiger charge is 2.18. The van der Waals surface area contributed by atoms with Gasteiger partial charge in [0.25, 0.3) is 0 Å². The van der Waals surface area contributed by atoms with Crippen molar-refractivity contribution in [3.8, 4) is 16.9 Å². The second-order valence-corrected chi connectivity index (χ2v) is 10.6. The lowest BCUT2D eigenvalue weighted by molar-refractivity contribution is 0.459. The number of hydrogen-bond acceptors (Lipinski definition) is 4. The van der Waals surface area contributed by atoms with E-state index in [1.807, 2.05) is 18.2 Å². The zero-order valence-corrected chi connectivity index (χ0v) is 20.3. The number of aryl methyl sites for hydroxylation is 1. The molecule has 2 aliphatic rings. The molecule has 0 radical (unpaired) electrons. The maximum Gasteiger partial charge on any atom is 0.357 e. The molecule has 2 N–H and O–H groups in total. The second kappa shape index (κ2) is 10.8. The fourth-order valence-electron chi connectivity index (χ4n) is 3.48. The topological polar surface area (TPSA) is 92.7 Å². The summed E-state index contributed by atoms with van der Waals surface area (Å²) in [5.74, 6) is 0.713. The zero-order chi connectivity index (χ0) is 23.3. The van der Waals surface area contributed by atoms with Gasteiger partial charge in [0.15, 0.2) is 5.75 Å². The average molecular weight is 496 g/mol. The van der Waals surface area contributed by atoms with Crippen molar-refractivity contribution >= 4 is 33.0 Å². The van der Waals surface area contributed by atoms with Crippen molar-refractivity contribution in [2.45, 2.75) is 43.9 Å². The molecule has 172 valence electrons. The Bertz CT molecular complexity index is 1160. The molecule has 32 heavy (non-hydrogen) atoms. The molecule has 1 aromatic carbocycles. The number of nitrogens with one attached hydrogen (secondary N) is 1. The van der Waals surface area contributed by atoms with Gasteiger partial charge in [-0.3, -0.25) is 4.55 Å². The largest absolute Gasteiger partial charge is 0.379 e. The normalized spacial score (nSPS) is 12.9. The first-order chi connectivity index (χ1) is 15.2. The van der Waals surface area contributed by atoms with Gasteiger partial charge in [0, 0.05) is 17.1 Å². The van der Waals surface area contributed by atoms with Crippen LogP contribution in [0.1, 0.15) is 43.7 Å². The van der Waals surface area contributed by atoms with Crippen molar-refractivity contribution in [2.24, 2.45) is 0 Å². The molecule has 0 spiro atoms.